The molecule has 0 spiro atoms. The predicted octanol–water partition coefficient (Wildman–Crippen LogP) is 1.78. The second kappa shape index (κ2) is 6.53. The Balaban J connectivity index is 1.89. The fourth-order valence-corrected chi connectivity index (χ4v) is 3.74. The molecule has 21 heavy (non-hydrogen) atoms. The van der Waals surface area contributed by atoms with Gasteiger partial charge in [0.1, 0.15) is 0 Å². The fraction of sp³-hybridized carbons (Fsp3) is 1.00. The van der Waals surface area contributed by atoms with Crippen molar-refractivity contribution < 1.29 is 0 Å². The second-order valence-corrected chi connectivity index (χ2v) is 8.06. The largest absolute Gasteiger partial charge is 0.301 e. The van der Waals surface area contributed by atoms with Gasteiger partial charge < -0.3 is 4.90 Å². The Hall–Kier alpha value is -0.160. The number of piperazine rings is 2. The molecule has 2 aliphatic heterocycles. The molecule has 0 saturated carbocycles. The second-order valence-electron chi connectivity index (χ2n) is 8.06. The van der Waals surface area contributed by atoms with Gasteiger partial charge in [0, 0.05) is 57.9 Å². The Morgan fingerprint density at radius 1 is 0.619 bits per heavy atom. The lowest BCUT2D eigenvalue weighted by molar-refractivity contribution is -0.0814. The predicted molar refractivity (Wildman–Crippen MR) is 90.7 cm³/mol. The summed E-state index contributed by atoms with van der Waals surface area (Å²) in [4.78, 5) is 10.6. The third-order valence-corrected chi connectivity index (χ3v) is 5.60. The number of hydrogen-bond donors (Lipinski definition) is 0. The number of nitrogens with zero attached hydrogens (tertiary/aromatic N) is 4. The summed E-state index contributed by atoms with van der Waals surface area (Å²) in [5, 5.41) is 0. The van der Waals surface area contributed by atoms with Gasteiger partial charge in [-0.3, -0.25) is 14.7 Å². The van der Waals surface area contributed by atoms with Gasteiger partial charge >= 0.3 is 0 Å². The number of hydrogen-bond acceptors (Lipinski definition) is 4. The first-order valence-corrected chi connectivity index (χ1v) is 8.72. The smallest absolute Gasteiger partial charge is 0.0681 e. The van der Waals surface area contributed by atoms with Gasteiger partial charge in [-0.25, -0.2) is 0 Å². The van der Waals surface area contributed by atoms with Gasteiger partial charge in [-0.1, -0.05) is 6.92 Å². The van der Waals surface area contributed by atoms with E-state index in [0.717, 1.165) is 0 Å². The lowest BCUT2D eigenvalue weighted by Gasteiger charge is -2.53. The first kappa shape index (κ1) is 17.2. The molecule has 124 valence electrons. The highest BCUT2D eigenvalue weighted by atomic mass is 15.4. The van der Waals surface area contributed by atoms with Crippen LogP contribution in [0, 0.1) is 0 Å². The molecule has 2 aliphatic rings. The molecule has 0 aromatic rings. The zero-order valence-corrected chi connectivity index (χ0v) is 15.2. The Bertz CT molecular complexity index is 318. The van der Waals surface area contributed by atoms with E-state index in [0.29, 0.717) is 5.54 Å². The monoisotopic (exact) mass is 296 g/mol. The number of likely N-dealkylation sites (N-methyl/N-ethyl adjacent to an activating group) is 1. The van der Waals surface area contributed by atoms with Crippen LogP contribution < -0.4 is 0 Å². The van der Waals surface area contributed by atoms with Crippen LogP contribution in [0.25, 0.3) is 0 Å². The zero-order chi connectivity index (χ0) is 15.7. The molecule has 2 fully saturated rings. The van der Waals surface area contributed by atoms with Crippen LogP contribution in [0.4, 0.5) is 0 Å². The van der Waals surface area contributed by atoms with Crippen molar-refractivity contribution in [3.63, 3.8) is 0 Å². The van der Waals surface area contributed by atoms with Crippen LogP contribution in [0.5, 0.6) is 0 Å². The van der Waals surface area contributed by atoms with Crippen molar-refractivity contribution in [2.24, 2.45) is 0 Å². The third kappa shape index (κ3) is 3.98. The molecule has 0 bridgehead atoms. The molecule has 2 heterocycles. The van der Waals surface area contributed by atoms with E-state index in [-0.39, 0.29) is 5.66 Å². The summed E-state index contributed by atoms with van der Waals surface area (Å²) < 4.78 is 0. The topological polar surface area (TPSA) is 13.0 Å². The Morgan fingerprint density at radius 2 is 1.00 bits per heavy atom. The van der Waals surface area contributed by atoms with Crippen LogP contribution in [0.15, 0.2) is 0 Å². The quantitative estimate of drug-likeness (QED) is 0.787. The minimum atomic E-state index is 0.198. The van der Waals surface area contributed by atoms with Gasteiger partial charge in [0.25, 0.3) is 0 Å². The Labute approximate surface area is 132 Å². The van der Waals surface area contributed by atoms with Gasteiger partial charge in [0.15, 0.2) is 0 Å². The molecule has 0 radical (unpaired) electrons. The average molecular weight is 297 g/mol. The first-order valence-electron chi connectivity index (χ1n) is 8.72. The summed E-state index contributed by atoms with van der Waals surface area (Å²) in [6.45, 7) is 24.9. The van der Waals surface area contributed by atoms with Crippen LogP contribution in [-0.2, 0) is 0 Å². The molecule has 0 aromatic heterocycles. The van der Waals surface area contributed by atoms with Crippen LogP contribution in [0.3, 0.4) is 0 Å². The van der Waals surface area contributed by atoms with Crippen LogP contribution in [0.1, 0.15) is 41.5 Å². The van der Waals surface area contributed by atoms with Crippen LogP contribution in [-0.4, -0.2) is 89.7 Å². The van der Waals surface area contributed by atoms with Crippen molar-refractivity contribution in [1.29, 1.82) is 0 Å². The maximum Gasteiger partial charge on any atom is 0.0681 e. The molecule has 0 atom stereocenters. The van der Waals surface area contributed by atoms with E-state index in [9.17, 15) is 0 Å². The van der Waals surface area contributed by atoms with E-state index < -0.39 is 0 Å². The van der Waals surface area contributed by atoms with Gasteiger partial charge in [-0.05, 0) is 41.2 Å². The van der Waals surface area contributed by atoms with Gasteiger partial charge in [0.2, 0.25) is 0 Å². The Morgan fingerprint density at radius 3 is 1.38 bits per heavy atom. The molecular weight excluding hydrogens is 260 g/mol. The molecule has 0 unspecified atom stereocenters. The van der Waals surface area contributed by atoms with Crippen molar-refractivity contribution in [2.45, 2.75) is 52.7 Å². The third-order valence-electron chi connectivity index (χ3n) is 5.60. The maximum atomic E-state index is 2.69. The summed E-state index contributed by atoms with van der Waals surface area (Å²) >= 11 is 0. The summed E-state index contributed by atoms with van der Waals surface area (Å²) in [5.74, 6) is 0. The Kier molecular flexibility index (Phi) is 5.35. The van der Waals surface area contributed by atoms with E-state index in [1.54, 1.807) is 0 Å². The molecule has 2 saturated heterocycles. The van der Waals surface area contributed by atoms with Gasteiger partial charge in [-0.15, -0.1) is 0 Å². The van der Waals surface area contributed by atoms with E-state index in [2.05, 4.69) is 61.1 Å². The first-order chi connectivity index (χ1) is 9.75. The lowest BCUT2D eigenvalue weighted by Crippen LogP contribution is -2.66. The summed E-state index contributed by atoms with van der Waals surface area (Å²) in [7, 11) is 0. The minimum absolute atomic E-state index is 0.198. The highest BCUT2D eigenvalue weighted by Crippen LogP contribution is 2.25. The van der Waals surface area contributed by atoms with Crippen molar-refractivity contribution in [3.05, 3.63) is 0 Å². The summed E-state index contributed by atoms with van der Waals surface area (Å²) in [6, 6.07) is 0. The van der Waals surface area contributed by atoms with Crippen LogP contribution in [0.2, 0.25) is 0 Å². The highest BCUT2D eigenvalue weighted by Gasteiger charge is 2.37. The lowest BCUT2D eigenvalue weighted by atomic mass is 10.0. The molecule has 4 nitrogen and oxygen atoms in total. The van der Waals surface area contributed by atoms with Crippen molar-refractivity contribution in [1.82, 2.24) is 19.6 Å². The van der Waals surface area contributed by atoms with Gasteiger partial charge in [-0.2, -0.15) is 0 Å². The van der Waals surface area contributed by atoms with E-state index in [1.807, 2.05) is 0 Å². The fourth-order valence-electron chi connectivity index (χ4n) is 3.74. The molecule has 0 aliphatic carbocycles. The van der Waals surface area contributed by atoms with Crippen molar-refractivity contribution in [3.8, 4) is 0 Å². The normalized spacial score (nSPS) is 25.4. The van der Waals surface area contributed by atoms with E-state index >= 15 is 0 Å². The van der Waals surface area contributed by atoms with E-state index in [1.165, 1.54) is 58.9 Å². The van der Waals surface area contributed by atoms with Crippen LogP contribution >= 0.6 is 0 Å². The molecule has 2 rings (SSSR count). The average Bonchev–Trinajstić information content (AvgIpc) is 2.46. The molecule has 0 aromatic carbocycles. The van der Waals surface area contributed by atoms with Crippen molar-refractivity contribution in [2.75, 3.05) is 58.9 Å². The molecule has 0 N–H and O–H groups in total. The summed E-state index contributed by atoms with van der Waals surface area (Å²) in [6.07, 6.45) is 0. The minimum Gasteiger partial charge on any atom is -0.301 e. The standard InChI is InChI=1S/C17H36N4/c1-7-18-8-10-20(11-9-18)17(5,6)21-14-12-19(13-15-21)16(2,3)4/h7-15H2,1-6H3. The molecule has 4 heteroatoms. The molecular formula is C17H36N4. The SMILES string of the molecule is CCN1CCN(C(C)(C)N2CCN(C(C)(C)C)CC2)CC1. The maximum absolute atomic E-state index is 2.69. The summed E-state index contributed by atoms with van der Waals surface area (Å²) in [5.41, 5.74) is 0.507. The number of rotatable bonds is 3. The zero-order valence-electron chi connectivity index (χ0n) is 15.2. The highest BCUT2D eigenvalue weighted by molar-refractivity contribution is 4.90. The van der Waals surface area contributed by atoms with E-state index in [4.69, 9.17) is 0 Å². The molecule has 0 amide bonds. The van der Waals surface area contributed by atoms with Crippen molar-refractivity contribution >= 4 is 0 Å². The van der Waals surface area contributed by atoms with Gasteiger partial charge in [0.05, 0.1) is 5.66 Å².